The molecular weight excluding hydrogens is 196 g/mol. The minimum absolute atomic E-state index is 0.107. The van der Waals surface area contributed by atoms with Crippen LogP contribution in [0.4, 0.5) is 0 Å². The zero-order valence-electron chi connectivity index (χ0n) is 8.56. The molecule has 0 saturated heterocycles. The van der Waals surface area contributed by atoms with E-state index in [-0.39, 0.29) is 5.41 Å². The fourth-order valence-electron chi connectivity index (χ4n) is 1.63. The second-order valence-corrected chi connectivity index (χ2v) is 4.91. The van der Waals surface area contributed by atoms with E-state index in [1.54, 1.807) is 6.20 Å². The Hall–Kier alpha value is -1.02. The van der Waals surface area contributed by atoms with Gasteiger partial charge in [-0.1, -0.05) is 38.4 Å². The number of aromatic nitrogens is 2. The molecule has 0 amide bonds. The summed E-state index contributed by atoms with van der Waals surface area (Å²) >= 11 is 6.06. The molecule has 0 fully saturated rings. The molecule has 0 radical (unpaired) electrons. The van der Waals surface area contributed by atoms with Gasteiger partial charge < -0.3 is 0 Å². The number of halogens is 1. The first-order valence-electron chi connectivity index (χ1n) is 4.62. The van der Waals surface area contributed by atoms with E-state index in [9.17, 15) is 0 Å². The molecule has 0 spiro atoms. The van der Waals surface area contributed by atoms with Gasteiger partial charge in [-0.25, -0.2) is 0 Å². The maximum absolute atomic E-state index is 6.06. The van der Waals surface area contributed by atoms with E-state index < -0.39 is 0 Å². The molecule has 0 aliphatic heterocycles. The topological polar surface area (TPSA) is 28.7 Å². The lowest BCUT2D eigenvalue weighted by Crippen LogP contribution is -2.11. The summed E-state index contributed by atoms with van der Waals surface area (Å²) in [4.78, 5) is 0. The maximum atomic E-state index is 6.06. The molecule has 0 saturated carbocycles. The molecule has 74 valence electrons. The van der Waals surface area contributed by atoms with Crippen LogP contribution in [0.2, 0.25) is 5.02 Å². The molecule has 1 heterocycles. The second-order valence-electron chi connectivity index (χ2n) is 4.50. The number of nitrogens with zero attached hydrogens (tertiary/aromatic N) is 1. The summed E-state index contributed by atoms with van der Waals surface area (Å²) < 4.78 is 0. The SMILES string of the molecule is CC(C)(C)c1ccc(Cl)c2cn[nH]c12. The summed E-state index contributed by atoms with van der Waals surface area (Å²) in [7, 11) is 0. The van der Waals surface area contributed by atoms with Crippen LogP contribution in [0, 0.1) is 0 Å². The van der Waals surface area contributed by atoms with Crippen molar-refractivity contribution in [2.24, 2.45) is 0 Å². The quantitative estimate of drug-likeness (QED) is 0.705. The minimum atomic E-state index is 0.107. The van der Waals surface area contributed by atoms with Crippen LogP contribution in [-0.4, -0.2) is 10.2 Å². The van der Waals surface area contributed by atoms with Crippen molar-refractivity contribution in [2.75, 3.05) is 0 Å². The van der Waals surface area contributed by atoms with Gasteiger partial charge in [-0.2, -0.15) is 5.10 Å². The van der Waals surface area contributed by atoms with Crippen LogP contribution in [0.3, 0.4) is 0 Å². The van der Waals surface area contributed by atoms with Crippen molar-refractivity contribution in [1.82, 2.24) is 10.2 Å². The van der Waals surface area contributed by atoms with Crippen molar-refractivity contribution >= 4 is 22.5 Å². The molecule has 1 aromatic carbocycles. The monoisotopic (exact) mass is 208 g/mol. The van der Waals surface area contributed by atoms with Crippen LogP contribution < -0.4 is 0 Å². The summed E-state index contributed by atoms with van der Waals surface area (Å²) in [5.74, 6) is 0. The Bertz CT molecular complexity index is 466. The molecule has 0 bridgehead atoms. The van der Waals surface area contributed by atoms with Gasteiger partial charge in [0, 0.05) is 5.39 Å². The third-order valence-corrected chi connectivity index (χ3v) is 2.70. The van der Waals surface area contributed by atoms with Gasteiger partial charge in [0.1, 0.15) is 0 Å². The second kappa shape index (κ2) is 2.99. The summed E-state index contributed by atoms with van der Waals surface area (Å²) in [5.41, 5.74) is 2.40. The highest BCUT2D eigenvalue weighted by molar-refractivity contribution is 6.35. The number of fused-ring (bicyclic) bond motifs is 1. The lowest BCUT2D eigenvalue weighted by Gasteiger charge is -2.19. The minimum Gasteiger partial charge on any atom is -0.277 e. The standard InChI is InChI=1S/C11H13ClN2/c1-11(2,3)8-4-5-9(12)7-6-13-14-10(7)8/h4-6H,1-3H3,(H,13,14). The number of benzene rings is 1. The van der Waals surface area contributed by atoms with Crippen LogP contribution in [0.1, 0.15) is 26.3 Å². The Morgan fingerprint density at radius 1 is 1.29 bits per heavy atom. The predicted molar refractivity (Wildman–Crippen MR) is 59.8 cm³/mol. The summed E-state index contributed by atoms with van der Waals surface area (Å²) in [5, 5.41) is 8.78. The Kier molecular flexibility index (Phi) is 2.04. The highest BCUT2D eigenvalue weighted by atomic mass is 35.5. The summed E-state index contributed by atoms with van der Waals surface area (Å²) in [6, 6.07) is 3.99. The Morgan fingerprint density at radius 2 is 2.00 bits per heavy atom. The Morgan fingerprint density at radius 3 is 2.64 bits per heavy atom. The molecule has 0 aliphatic carbocycles. The Balaban J connectivity index is 2.80. The highest BCUT2D eigenvalue weighted by Gasteiger charge is 2.18. The Labute approximate surface area is 88.3 Å². The van der Waals surface area contributed by atoms with Gasteiger partial charge in [0.25, 0.3) is 0 Å². The average Bonchev–Trinajstić information content (AvgIpc) is 2.50. The third kappa shape index (κ3) is 1.40. The van der Waals surface area contributed by atoms with E-state index in [4.69, 9.17) is 11.6 Å². The number of aromatic amines is 1. The van der Waals surface area contributed by atoms with Crippen molar-refractivity contribution < 1.29 is 0 Å². The molecule has 0 unspecified atom stereocenters. The van der Waals surface area contributed by atoms with Crippen molar-refractivity contribution in [3.05, 3.63) is 28.9 Å². The molecule has 3 heteroatoms. The molecule has 2 rings (SSSR count). The third-order valence-electron chi connectivity index (χ3n) is 2.37. The smallest absolute Gasteiger partial charge is 0.0702 e. The molecule has 0 atom stereocenters. The summed E-state index contributed by atoms with van der Waals surface area (Å²) in [6.07, 6.45) is 1.77. The van der Waals surface area contributed by atoms with Crippen LogP contribution >= 0.6 is 11.6 Å². The first kappa shape index (κ1) is 9.53. The zero-order chi connectivity index (χ0) is 10.3. The molecule has 1 aromatic heterocycles. The fourth-order valence-corrected chi connectivity index (χ4v) is 1.83. The fraction of sp³-hybridized carbons (Fsp3) is 0.364. The van der Waals surface area contributed by atoms with Gasteiger partial charge in [0.05, 0.1) is 16.7 Å². The number of hydrogen-bond donors (Lipinski definition) is 1. The lowest BCUT2D eigenvalue weighted by atomic mass is 9.86. The molecule has 14 heavy (non-hydrogen) atoms. The first-order valence-corrected chi connectivity index (χ1v) is 5.00. The number of H-pyrrole nitrogens is 1. The number of nitrogens with one attached hydrogen (secondary N) is 1. The van der Waals surface area contributed by atoms with Crippen molar-refractivity contribution in [3.8, 4) is 0 Å². The van der Waals surface area contributed by atoms with Gasteiger partial charge in [-0.15, -0.1) is 0 Å². The van der Waals surface area contributed by atoms with E-state index in [2.05, 4.69) is 37.0 Å². The highest BCUT2D eigenvalue weighted by Crippen LogP contribution is 2.32. The van der Waals surface area contributed by atoms with Crippen molar-refractivity contribution in [1.29, 1.82) is 0 Å². The van der Waals surface area contributed by atoms with Gasteiger partial charge >= 0.3 is 0 Å². The van der Waals surface area contributed by atoms with Gasteiger partial charge in [0.2, 0.25) is 0 Å². The summed E-state index contributed by atoms with van der Waals surface area (Å²) in [6.45, 7) is 6.53. The molecule has 0 aliphatic rings. The van der Waals surface area contributed by atoms with Crippen LogP contribution in [0.15, 0.2) is 18.3 Å². The van der Waals surface area contributed by atoms with Crippen molar-refractivity contribution in [3.63, 3.8) is 0 Å². The van der Waals surface area contributed by atoms with Gasteiger partial charge in [-0.3, -0.25) is 5.10 Å². The van der Waals surface area contributed by atoms with E-state index in [0.29, 0.717) is 0 Å². The molecule has 2 nitrogen and oxygen atoms in total. The maximum Gasteiger partial charge on any atom is 0.0702 e. The van der Waals surface area contributed by atoms with Crippen LogP contribution in [-0.2, 0) is 5.41 Å². The van der Waals surface area contributed by atoms with E-state index in [0.717, 1.165) is 15.9 Å². The molecule has 1 N–H and O–H groups in total. The average molecular weight is 209 g/mol. The van der Waals surface area contributed by atoms with Crippen molar-refractivity contribution in [2.45, 2.75) is 26.2 Å². The van der Waals surface area contributed by atoms with E-state index in [1.807, 2.05) is 6.07 Å². The first-order chi connectivity index (χ1) is 6.50. The normalized spacial score (nSPS) is 12.3. The van der Waals surface area contributed by atoms with Crippen LogP contribution in [0.25, 0.3) is 10.9 Å². The zero-order valence-corrected chi connectivity index (χ0v) is 9.31. The number of rotatable bonds is 0. The van der Waals surface area contributed by atoms with E-state index >= 15 is 0 Å². The van der Waals surface area contributed by atoms with Crippen LogP contribution in [0.5, 0.6) is 0 Å². The molecular formula is C11H13ClN2. The largest absolute Gasteiger partial charge is 0.277 e. The lowest BCUT2D eigenvalue weighted by molar-refractivity contribution is 0.594. The predicted octanol–water partition coefficient (Wildman–Crippen LogP) is 3.51. The number of hydrogen-bond acceptors (Lipinski definition) is 1. The van der Waals surface area contributed by atoms with Gasteiger partial charge in [0.15, 0.2) is 0 Å². The van der Waals surface area contributed by atoms with E-state index in [1.165, 1.54) is 5.56 Å². The molecule has 2 aromatic rings. The van der Waals surface area contributed by atoms with Gasteiger partial charge in [-0.05, 0) is 17.0 Å².